The summed E-state index contributed by atoms with van der Waals surface area (Å²) in [5.41, 5.74) is 0.628. The standard InChI is InChI=1S/C12H7BrClN3O2S/c13-9-5-11(12(14)16-7-9)20(18,19)17-10-3-1-2-8(4-10)6-15/h1-5,7,17H. The van der Waals surface area contributed by atoms with Crippen molar-refractivity contribution in [3.05, 3.63) is 51.7 Å². The first kappa shape index (κ1) is 14.8. The summed E-state index contributed by atoms with van der Waals surface area (Å²) >= 11 is 8.94. The molecule has 2 aromatic rings. The number of nitrogens with one attached hydrogen (secondary N) is 1. The quantitative estimate of drug-likeness (QED) is 0.839. The van der Waals surface area contributed by atoms with Crippen LogP contribution >= 0.6 is 27.5 Å². The molecule has 1 heterocycles. The maximum atomic E-state index is 12.2. The normalized spacial score (nSPS) is 10.8. The van der Waals surface area contributed by atoms with Gasteiger partial charge in [0, 0.05) is 10.7 Å². The molecule has 0 aliphatic rings. The number of pyridine rings is 1. The molecule has 0 fully saturated rings. The summed E-state index contributed by atoms with van der Waals surface area (Å²) in [6.07, 6.45) is 1.40. The van der Waals surface area contributed by atoms with Crippen LogP contribution in [0.1, 0.15) is 5.56 Å². The molecule has 1 aromatic carbocycles. The number of benzene rings is 1. The number of sulfonamides is 1. The summed E-state index contributed by atoms with van der Waals surface area (Å²) in [5, 5.41) is 8.67. The molecule has 0 atom stereocenters. The van der Waals surface area contributed by atoms with E-state index >= 15 is 0 Å². The Labute approximate surface area is 129 Å². The topological polar surface area (TPSA) is 82.9 Å². The van der Waals surface area contributed by atoms with Crippen LogP contribution in [0, 0.1) is 11.3 Å². The average molecular weight is 373 g/mol. The lowest BCUT2D eigenvalue weighted by Crippen LogP contribution is -2.14. The molecule has 1 N–H and O–H groups in total. The van der Waals surface area contributed by atoms with Crippen LogP contribution in [0.3, 0.4) is 0 Å². The molecule has 8 heteroatoms. The Morgan fingerprint density at radius 3 is 2.80 bits per heavy atom. The van der Waals surface area contributed by atoms with E-state index in [1.54, 1.807) is 12.1 Å². The van der Waals surface area contributed by atoms with Crippen molar-refractivity contribution in [2.24, 2.45) is 0 Å². The van der Waals surface area contributed by atoms with Crippen LogP contribution in [0.25, 0.3) is 0 Å². The third kappa shape index (κ3) is 3.28. The van der Waals surface area contributed by atoms with Gasteiger partial charge < -0.3 is 0 Å². The van der Waals surface area contributed by atoms with Gasteiger partial charge in [-0.1, -0.05) is 17.7 Å². The van der Waals surface area contributed by atoms with Gasteiger partial charge in [-0.2, -0.15) is 5.26 Å². The van der Waals surface area contributed by atoms with Crippen molar-refractivity contribution >= 4 is 43.2 Å². The Bertz CT molecular complexity index is 803. The van der Waals surface area contributed by atoms with Crippen molar-refractivity contribution in [2.75, 3.05) is 4.72 Å². The maximum absolute atomic E-state index is 12.2. The highest BCUT2D eigenvalue weighted by Crippen LogP contribution is 2.25. The zero-order chi connectivity index (χ0) is 14.8. The Kier molecular flexibility index (Phi) is 4.28. The van der Waals surface area contributed by atoms with Gasteiger partial charge in [0.25, 0.3) is 10.0 Å². The fourth-order valence-electron chi connectivity index (χ4n) is 1.45. The van der Waals surface area contributed by atoms with Crippen LogP contribution in [0.4, 0.5) is 5.69 Å². The lowest BCUT2D eigenvalue weighted by Gasteiger charge is -2.09. The van der Waals surface area contributed by atoms with E-state index in [9.17, 15) is 8.42 Å². The highest BCUT2D eigenvalue weighted by atomic mass is 79.9. The zero-order valence-corrected chi connectivity index (χ0v) is 13.0. The second-order valence-electron chi connectivity index (χ2n) is 3.74. The predicted octanol–water partition coefficient (Wildman–Crippen LogP) is 3.17. The lowest BCUT2D eigenvalue weighted by atomic mass is 10.2. The lowest BCUT2D eigenvalue weighted by molar-refractivity contribution is 0.601. The summed E-state index contributed by atoms with van der Waals surface area (Å²) in [6.45, 7) is 0. The number of aromatic nitrogens is 1. The van der Waals surface area contributed by atoms with E-state index in [2.05, 4.69) is 25.6 Å². The van der Waals surface area contributed by atoms with Crippen LogP contribution in [0.15, 0.2) is 45.9 Å². The first-order chi connectivity index (χ1) is 9.42. The number of anilines is 1. The smallest absolute Gasteiger partial charge is 0.265 e. The first-order valence-electron chi connectivity index (χ1n) is 5.26. The molecule has 0 saturated heterocycles. The number of nitriles is 1. The van der Waals surface area contributed by atoms with Gasteiger partial charge in [-0.3, -0.25) is 4.72 Å². The molecule has 0 radical (unpaired) electrons. The van der Waals surface area contributed by atoms with Gasteiger partial charge in [0.1, 0.15) is 10.0 Å². The number of rotatable bonds is 3. The molecule has 102 valence electrons. The summed E-state index contributed by atoms with van der Waals surface area (Å²) < 4.78 is 27.3. The van der Waals surface area contributed by atoms with Gasteiger partial charge in [0.15, 0.2) is 0 Å². The summed E-state index contributed by atoms with van der Waals surface area (Å²) in [7, 11) is -3.88. The van der Waals surface area contributed by atoms with Gasteiger partial charge in [0.2, 0.25) is 0 Å². The molecule has 0 amide bonds. The molecule has 1 aromatic heterocycles. The molecule has 0 aliphatic heterocycles. The number of hydrogen-bond acceptors (Lipinski definition) is 4. The van der Waals surface area contributed by atoms with Gasteiger partial charge in [-0.15, -0.1) is 0 Å². The first-order valence-corrected chi connectivity index (χ1v) is 7.92. The summed E-state index contributed by atoms with van der Waals surface area (Å²) in [5.74, 6) is 0. The molecule has 0 bridgehead atoms. The van der Waals surface area contributed by atoms with Crippen LogP contribution in [0.2, 0.25) is 5.15 Å². The van der Waals surface area contributed by atoms with Gasteiger partial charge in [-0.25, -0.2) is 13.4 Å². The van der Waals surface area contributed by atoms with Crippen molar-refractivity contribution in [3.8, 4) is 6.07 Å². The fourth-order valence-corrected chi connectivity index (χ4v) is 3.45. The van der Waals surface area contributed by atoms with E-state index in [0.29, 0.717) is 10.0 Å². The Morgan fingerprint density at radius 2 is 2.10 bits per heavy atom. The van der Waals surface area contributed by atoms with Crippen molar-refractivity contribution < 1.29 is 8.42 Å². The maximum Gasteiger partial charge on any atom is 0.265 e. The van der Waals surface area contributed by atoms with E-state index in [1.165, 1.54) is 24.4 Å². The van der Waals surface area contributed by atoms with Crippen molar-refractivity contribution in [3.63, 3.8) is 0 Å². The molecule has 5 nitrogen and oxygen atoms in total. The monoisotopic (exact) mass is 371 g/mol. The number of hydrogen-bond donors (Lipinski definition) is 1. The van der Waals surface area contributed by atoms with E-state index in [-0.39, 0.29) is 15.7 Å². The highest BCUT2D eigenvalue weighted by molar-refractivity contribution is 9.10. The third-order valence-corrected chi connectivity index (χ3v) is 4.55. The highest BCUT2D eigenvalue weighted by Gasteiger charge is 2.19. The SMILES string of the molecule is N#Cc1cccc(NS(=O)(=O)c2cc(Br)cnc2Cl)c1. The zero-order valence-electron chi connectivity index (χ0n) is 9.84. The van der Waals surface area contributed by atoms with E-state index in [4.69, 9.17) is 16.9 Å². The third-order valence-electron chi connectivity index (χ3n) is 2.31. The molecule has 0 spiro atoms. The molecule has 20 heavy (non-hydrogen) atoms. The molecular weight excluding hydrogens is 366 g/mol. The largest absolute Gasteiger partial charge is 0.279 e. The number of nitrogens with zero attached hydrogens (tertiary/aromatic N) is 2. The minimum absolute atomic E-state index is 0.128. The van der Waals surface area contributed by atoms with Crippen molar-refractivity contribution in [1.29, 1.82) is 5.26 Å². The van der Waals surface area contributed by atoms with Gasteiger partial charge in [0.05, 0.1) is 17.3 Å². The van der Waals surface area contributed by atoms with Crippen LogP contribution in [0.5, 0.6) is 0 Å². The second-order valence-corrected chi connectivity index (χ2v) is 6.67. The second kappa shape index (κ2) is 5.79. The Hall–Kier alpha value is -1.62. The van der Waals surface area contributed by atoms with Gasteiger partial charge >= 0.3 is 0 Å². The van der Waals surface area contributed by atoms with E-state index < -0.39 is 10.0 Å². The summed E-state index contributed by atoms with van der Waals surface area (Å²) in [4.78, 5) is 3.62. The van der Waals surface area contributed by atoms with Crippen molar-refractivity contribution in [2.45, 2.75) is 4.90 Å². The average Bonchev–Trinajstić information content (AvgIpc) is 2.41. The van der Waals surface area contributed by atoms with Crippen LogP contribution in [-0.2, 0) is 10.0 Å². The molecule has 0 saturated carbocycles. The van der Waals surface area contributed by atoms with E-state index in [0.717, 1.165) is 0 Å². The van der Waals surface area contributed by atoms with Crippen molar-refractivity contribution in [1.82, 2.24) is 4.98 Å². The summed E-state index contributed by atoms with van der Waals surface area (Å²) in [6, 6.07) is 9.41. The Balaban J connectivity index is 2.41. The number of halogens is 2. The van der Waals surface area contributed by atoms with E-state index in [1.807, 2.05) is 6.07 Å². The molecule has 0 unspecified atom stereocenters. The Morgan fingerprint density at radius 1 is 1.35 bits per heavy atom. The molecule has 0 aliphatic carbocycles. The predicted molar refractivity (Wildman–Crippen MR) is 78.9 cm³/mol. The van der Waals surface area contributed by atoms with Gasteiger partial charge in [-0.05, 0) is 40.2 Å². The van der Waals surface area contributed by atoms with Crippen LogP contribution < -0.4 is 4.72 Å². The minimum atomic E-state index is -3.88. The van der Waals surface area contributed by atoms with Crippen LogP contribution in [-0.4, -0.2) is 13.4 Å². The fraction of sp³-hybridized carbons (Fsp3) is 0. The minimum Gasteiger partial charge on any atom is -0.279 e. The molecular formula is C12H7BrClN3O2S. The molecule has 2 rings (SSSR count).